The van der Waals surface area contributed by atoms with Crippen molar-refractivity contribution in [1.82, 2.24) is 4.98 Å². The average molecular weight is 444 g/mol. The van der Waals surface area contributed by atoms with Crippen molar-refractivity contribution >= 4 is 12.0 Å². The Balaban J connectivity index is 2.63. The van der Waals surface area contributed by atoms with Crippen molar-refractivity contribution < 1.29 is 24.1 Å². The van der Waals surface area contributed by atoms with Gasteiger partial charge >= 0.3 is 5.97 Å². The first-order valence-electron chi connectivity index (χ1n) is 11.0. The van der Waals surface area contributed by atoms with Crippen molar-refractivity contribution in [2.45, 2.75) is 71.5 Å². The number of benzene rings is 1. The Kier molecular flexibility index (Phi) is 9.54. The molecule has 1 aromatic heterocycles. The predicted octanol–water partition coefficient (Wildman–Crippen LogP) is 5.91. The number of carbonyl (C=O) groups is 1. The van der Waals surface area contributed by atoms with Gasteiger partial charge in [0.15, 0.2) is 0 Å². The van der Waals surface area contributed by atoms with Crippen molar-refractivity contribution in [2.75, 3.05) is 7.11 Å². The van der Waals surface area contributed by atoms with Crippen molar-refractivity contribution in [1.29, 1.82) is 0 Å². The van der Waals surface area contributed by atoms with Gasteiger partial charge in [0.05, 0.1) is 24.8 Å². The third-order valence-corrected chi connectivity index (χ3v) is 5.27. The fraction of sp³-hybridized carbons (Fsp3) is 0.462. The lowest BCUT2D eigenvalue weighted by atomic mass is 9.87. The number of pyridine rings is 1. The Hall–Kier alpha value is -2.57. The first kappa shape index (κ1) is 25.7. The van der Waals surface area contributed by atoms with Gasteiger partial charge in [-0.2, -0.15) is 0 Å². The number of carboxylic acid groups (broad SMARTS) is 1. The molecule has 1 heterocycles. The van der Waals surface area contributed by atoms with Crippen molar-refractivity contribution in [3.63, 3.8) is 0 Å². The van der Waals surface area contributed by atoms with Crippen LogP contribution in [-0.4, -0.2) is 34.4 Å². The van der Waals surface area contributed by atoms with E-state index in [9.17, 15) is 14.3 Å². The molecule has 1 aromatic carbocycles. The van der Waals surface area contributed by atoms with Crippen LogP contribution in [0.25, 0.3) is 17.2 Å². The molecule has 1 atom stereocenters. The maximum Gasteiger partial charge on any atom is 0.305 e. The first-order valence-corrected chi connectivity index (χ1v) is 11.0. The number of aliphatic carboxylic acids is 1. The lowest BCUT2D eigenvalue weighted by molar-refractivity contribution is -0.139. The minimum atomic E-state index is -1.01. The summed E-state index contributed by atoms with van der Waals surface area (Å²) in [6.07, 6.45) is 3.65. The number of aromatic nitrogens is 1. The van der Waals surface area contributed by atoms with Crippen LogP contribution in [-0.2, 0) is 16.1 Å². The number of allylic oxidation sites excluding steroid dienone is 1. The number of aliphatic hydroxyl groups excluding tert-OH is 1. The van der Waals surface area contributed by atoms with E-state index in [0.717, 1.165) is 33.6 Å². The molecule has 0 saturated carbocycles. The summed E-state index contributed by atoms with van der Waals surface area (Å²) in [7, 11) is 1.65. The highest BCUT2D eigenvalue weighted by Gasteiger charge is 2.22. The molecule has 5 nitrogen and oxygen atoms in total. The molecule has 2 N–H and O–H groups in total. The molecule has 0 saturated heterocycles. The van der Waals surface area contributed by atoms with Gasteiger partial charge in [0.1, 0.15) is 5.82 Å². The van der Waals surface area contributed by atoms with Gasteiger partial charge in [0, 0.05) is 23.9 Å². The Bertz CT molecular complexity index is 936. The highest BCUT2D eigenvalue weighted by atomic mass is 19.1. The second-order valence-corrected chi connectivity index (χ2v) is 8.63. The summed E-state index contributed by atoms with van der Waals surface area (Å²) in [5.74, 6) is -0.977. The van der Waals surface area contributed by atoms with Crippen molar-refractivity contribution in [3.8, 4) is 11.1 Å². The number of carboxylic acids is 1. The number of nitrogens with zero attached hydrogens (tertiary/aromatic N) is 1. The molecule has 174 valence electrons. The topological polar surface area (TPSA) is 79.7 Å². The number of ether oxygens (including phenoxy) is 1. The fourth-order valence-corrected chi connectivity index (χ4v) is 3.79. The van der Waals surface area contributed by atoms with E-state index < -0.39 is 12.1 Å². The highest BCUT2D eigenvalue weighted by molar-refractivity contribution is 5.80. The Morgan fingerprint density at radius 1 is 1.12 bits per heavy atom. The zero-order valence-corrected chi connectivity index (χ0v) is 19.6. The predicted molar refractivity (Wildman–Crippen MR) is 125 cm³/mol. The Morgan fingerprint density at radius 2 is 1.75 bits per heavy atom. The van der Waals surface area contributed by atoms with Crippen LogP contribution < -0.4 is 0 Å². The van der Waals surface area contributed by atoms with Crippen LogP contribution in [0.4, 0.5) is 4.39 Å². The molecule has 0 aliphatic heterocycles. The molecule has 0 fully saturated rings. The molecule has 0 unspecified atom stereocenters. The fourth-order valence-electron chi connectivity index (χ4n) is 3.79. The van der Waals surface area contributed by atoms with E-state index in [1.807, 2.05) is 12.2 Å². The van der Waals surface area contributed by atoms with Crippen LogP contribution in [0.15, 0.2) is 30.3 Å². The number of aliphatic hydroxyl groups is 1. The van der Waals surface area contributed by atoms with E-state index in [0.29, 0.717) is 19.4 Å². The number of hydrogen-bond acceptors (Lipinski definition) is 4. The summed E-state index contributed by atoms with van der Waals surface area (Å²) in [5, 5.41) is 18.7. The number of methoxy groups -OCH3 is 1. The van der Waals surface area contributed by atoms with Crippen molar-refractivity contribution in [3.05, 3.63) is 58.7 Å². The monoisotopic (exact) mass is 443 g/mol. The van der Waals surface area contributed by atoms with Crippen molar-refractivity contribution in [2.24, 2.45) is 0 Å². The molecule has 32 heavy (non-hydrogen) atoms. The lowest BCUT2D eigenvalue weighted by Crippen LogP contribution is -2.12. The maximum absolute atomic E-state index is 13.7. The molecular formula is C26H34FNO4. The van der Waals surface area contributed by atoms with Crippen LogP contribution in [0.2, 0.25) is 0 Å². The third kappa shape index (κ3) is 6.71. The van der Waals surface area contributed by atoms with Crippen LogP contribution >= 0.6 is 0 Å². The van der Waals surface area contributed by atoms with Gasteiger partial charge in [-0.05, 0) is 47.9 Å². The van der Waals surface area contributed by atoms with Crippen LogP contribution in [0.3, 0.4) is 0 Å². The van der Waals surface area contributed by atoms with Gasteiger partial charge in [-0.25, -0.2) is 4.39 Å². The first-order chi connectivity index (χ1) is 15.1. The van der Waals surface area contributed by atoms with Gasteiger partial charge in [0.25, 0.3) is 0 Å². The molecule has 0 aliphatic rings. The molecule has 0 aliphatic carbocycles. The summed E-state index contributed by atoms with van der Waals surface area (Å²) in [5.41, 5.74) is 5.67. The second-order valence-electron chi connectivity index (χ2n) is 8.63. The lowest BCUT2D eigenvalue weighted by Gasteiger charge is -2.23. The molecule has 6 heteroatoms. The Labute approximate surface area is 190 Å². The van der Waals surface area contributed by atoms with E-state index >= 15 is 0 Å². The van der Waals surface area contributed by atoms with E-state index in [1.165, 1.54) is 12.1 Å². The summed E-state index contributed by atoms with van der Waals surface area (Å²) < 4.78 is 19.2. The number of hydrogen-bond donors (Lipinski definition) is 2. The van der Waals surface area contributed by atoms with Gasteiger partial charge < -0.3 is 14.9 Å². The standard InChI is InChI=1S/C26H34FNO4/c1-16(2)25-21(9-7-6-8-20(29)14-23(30)31)24(18-10-12-19(27)13-11-18)22(15-32-5)26(28-25)17(3)4/h7,9-13,16-17,20,29H,6,8,14-15H2,1-5H3,(H,30,31)/b9-7+/t20-/m1/s1. The molecule has 0 spiro atoms. The summed E-state index contributed by atoms with van der Waals surface area (Å²) in [4.78, 5) is 15.8. The Morgan fingerprint density at radius 3 is 2.28 bits per heavy atom. The van der Waals surface area contributed by atoms with Crippen LogP contribution in [0.5, 0.6) is 0 Å². The van der Waals surface area contributed by atoms with E-state index in [1.54, 1.807) is 19.2 Å². The minimum absolute atomic E-state index is 0.153. The molecule has 0 bridgehead atoms. The van der Waals surface area contributed by atoms with Gasteiger partial charge in [-0.1, -0.05) is 52.0 Å². The van der Waals surface area contributed by atoms with Gasteiger partial charge in [-0.3, -0.25) is 9.78 Å². The summed E-state index contributed by atoms with van der Waals surface area (Å²) >= 11 is 0. The smallest absolute Gasteiger partial charge is 0.305 e. The summed E-state index contributed by atoms with van der Waals surface area (Å²) in [6.45, 7) is 8.75. The van der Waals surface area contributed by atoms with E-state index in [-0.39, 0.29) is 24.1 Å². The third-order valence-electron chi connectivity index (χ3n) is 5.27. The minimum Gasteiger partial charge on any atom is -0.481 e. The molecule has 2 aromatic rings. The van der Waals surface area contributed by atoms with E-state index in [2.05, 4.69) is 27.7 Å². The normalized spacial score (nSPS) is 12.8. The maximum atomic E-state index is 13.7. The molecule has 2 rings (SSSR count). The molecule has 0 radical (unpaired) electrons. The quantitative estimate of drug-likeness (QED) is 0.451. The highest BCUT2D eigenvalue weighted by Crippen LogP contribution is 2.37. The largest absolute Gasteiger partial charge is 0.481 e. The summed E-state index contributed by atoms with van der Waals surface area (Å²) in [6, 6.07) is 6.44. The number of rotatable bonds is 11. The van der Waals surface area contributed by atoms with Crippen LogP contribution in [0.1, 0.15) is 81.3 Å². The van der Waals surface area contributed by atoms with Gasteiger partial charge in [0.2, 0.25) is 0 Å². The van der Waals surface area contributed by atoms with Gasteiger partial charge in [-0.15, -0.1) is 0 Å². The zero-order valence-electron chi connectivity index (χ0n) is 19.6. The van der Waals surface area contributed by atoms with Crippen LogP contribution in [0, 0.1) is 5.82 Å². The number of halogens is 1. The zero-order chi connectivity index (χ0) is 23.8. The average Bonchev–Trinajstić information content (AvgIpc) is 2.71. The molecular weight excluding hydrogens is 409 g/mol. The molecule has 0 amide bonds. The second kappa shape index (κ2) is 11.9. The van der Waals surface area contributed by atoms with E-state index in [4.69, 9.17) is 14.8 Å². The SMILES string of the molecule is COCc1c(C(C)C)nc(C(C)C)c(/C=C/CC[C@@H](O)CC(=O)O)c1-c1ccc(F)cc1.